The highest BCUT2D eigenvalue weighted by molar-refractivity contribution is 5.84. The van der Waals surface area contributed by atoms with Gasteiger partial charge >= 0.3 is 0 Å². The van der Waals surface area contributed by atoms with Gasteiger partial charge in [0.15, 0.2) is 0 Å². The fraction of sp³-hybridized carbons (Fsp3) is 0.222. The van der Waals surface area contributed by atoms with Crippen LogP contribution >= 0.6 is 0 Å². The van der Waals surface area contributed by atoms with E-state index in [1.807, 2.05) is 25.1 Å². The Morgan fingerprint density at radius 1 is 1.18 bits per heavy atom. The van der Waals surface area contributed by atoms with Gasteiger partial charge in [-0.05, 0) is 43.5 Å². The highest BCUT2D eigenvalue weighted by Gasteiger charge is 2.07. The third-order valence-electron chi connectivity index (χ3n) is 3.91. The first kappa shape index (κ1) is 14.2. The molecule has 0 aliphatic heterocycles. The zero-order chi connectivity index (χ0) is 15.5. The number of anilines is 1. The molecule has 0 fully saturated rings. The predicted octanol–water partition coefficient (Wildman–Crippen LogP) is 3.71. The minimum absolute atomic E-state index is 0.480. The lowest BCUT2D eigenvalue weighted by molar-refractivity contribution is 0.995. The second-order valence-electron chi connectivity index (χ2n) is 5.42. The third kappa shape index (κ3) is 2.66. The van der Waals surface area contributed by atoms with Gasteiger partial charge in [0.05, 0.1) is 0 Å². The summed E-state index contributed by atoms with van der Waals surface area (Å²) in [6.45, 7) is 4.78. The number of para-hydroxylation sites is 1. The van der Waals surface area contributed by atoms with Crippen LogP contribution in [0.4, 0.5) is 5.82 Å². The largest absolute Gasteiger partial charge is 0.370 e. The molecule has 2 N–H and O–H groups in total. The van der Waals surface area contributed by atoms with Gasteiger partial charge in [0, 0.05) is 23.1 Å². The molecule has 2 aromatic heterocycles. The summed E-state index contributed by atoms with van der Waals surface area (Å²) < 4.78 is 0. The first-order chi connectivity index (χ1) is 10.7. The van der Waals surface area contributed by atoms with Gasteiger partial charge in [0.1, 0.15) is 17.6 Å². The molecule has 4 nitrogen and oxygen atoms in total. The number of aromatic nitrogens is 2. The highest BCUT2D eigenvalue weighted by Crippen LogP contribution is 2.22. The Morgan fingerprint density at radius 2 is 2.00 bits per heavy atom. The smallest absolute Gasteiger partial charge is 0.145 e. The Balaban J connectivity index is 1.73. The summed E-state index contributed by atoms with van der Waals surface area (Å²) in [7, 11) is 0. The van der Waals surface area contributed by atoms with Crippen molar-refractivity contribution in [2.45, 2.75) is 20.3 Å². The SMILES string of the molecule is Cc1ccc(NCCc2c(C)[nH]c3ccccc23)nc1C#N. The van der Waals surface area contributed by atoms with E-state index in [1.54, 1.807) is 0 Å². The second kappa shape index (κ2) is 5.90. The fourth-order valence-electron chi connectivity index (χ4n) is 2.71. The maximum absolute atomic E-state index is 9.03. The highest BCUT2D eigenvalue weighted by atomic mass is 15.0. The minimum Gasteiger partial charge on any atom is -0.370 e. The Kier molecular flexibility index (Phi) is 3.80. The molecule has 0 atom stereocenters. The number of hydrogen-bond acceptors (Lipinski definition) is 3. The molecule has 0 spiro atoms. The number of H-pyrrole nitrogens is 1. The van der Waals surface area contributed by atoms with Crippen LogP contribution in [0, 0.1) is 25.2 Å². The van der Waals surface area contributed by atoms with E-state index in [4.69, 9.17) is 5.26 Å². The summed E-state index contributed by atoms with van der Waals surface area (Å²) in [4.78, 5) is 7.73. The number of rotatable bonds is 4. The lowest BCUT2D eigenvalue weighted by atomic mass is 10.1. The van der Waals surface area contributed by atoms with Gasteiger partial charge in [0.2, 0.25) is 0 Å². The van der Waals surface area contributed by atoms with E-state index in [0.717, 1.165) is 24.3 Å². The van der Waals surface area contributed by atoms with Crippen LogP contribution in [0.1, 0.15) is 22.5 Å². The van der Waals surface area contributed by atoms with Crippen molar-refractivity contribution >= 4 is 16.7 Å². The summed E-state index contributed by atoms with van der Waals surface area (Å²) in [5, 5.41) is 13.6. The predicted molar refractivity (Wildman–Crippen MR) is 88.9 cm³/mol. The van der Waals surface area contributed by atoms with E-state index in [1.165, 1.54) is 22.2 Å². The first-order valence-corrected chi connectivity index (χ1v) is 7.37. The second-order valence-corrected chi connectivity index (χ2v) is 5.42. The van der Waals surface area contributed by atoms with Gasteiger partial charge in [-0.25, -0.2) is 4.98 Å². The zero-order valence-electron chi connectivity index (χ0n) is 12.8. The number of nitriles is 1. The maximum atomic E-state index is 9.03. The minimum atomic E-state index is 0.480. The first-order valence-electron chi connectivity index (χ1n) is 7.37. The lowest BCUT2D eigenvalue weighted by Gasteiger charge is -2.07. The standard InChI is InChI=1S/C18H18N4/c1-12-7-8-18(22-17(12)11-19)20-10-9-14-13(2)21-16-6-4-3-5-15(14)16/h3-8,21H,9-10H2,1-2H3,(H,20,22). The molecule has 2 heterocycles. The van der Waals surface area contributed by atoms with E-state index in [0.29, 0.717) is 5.69 Å². The van der Waals surface area contributed by atoms with Crippen molar-refractivity contribution in [3.63, 3.8) is 0 Å². The number of nitrogens with zero attached hydrogens (tertiary/aromatic N) is 2. The molecule has 0 unspecified atom stereocenters. The Morgan fingerprint density at radius 3 is 2.82 bits per heavy atom. The maximum Gasteiger partial charge on any atom is 0.145 e. The number of nitrogens with one attached hydrogen (secondary N) is 2. The van der Waals surface area contributed by atoms with Crippen LogP contribution in [-0.4, -0.2) is 16.5 Å². The molecule has 0 bridgehead atoms. The van der Waals surface area contributed by atoms with Crippen molar-refractivity contribution in [3.05, 3.63) is 58.9 Å². The lowest BCUT2D eigenvalue weighted by Crippen LogP contribution is -2.07. The summed E-state index contributed by atoms with van der Waals surface area (Å²) in [6.07, 6.45) is 0.910. The van der Waals surface area contributed by atoms with E-state index < -0.39 is 0 Å². The average molecular weight is 290 g/mol. The molecule has 0 radical (unpaired) electrons. The van der Waals surface area contributed by atoms with Crippen LogP contribution in [-0.2, 0) is 6.42 Å². The van der Waals surface area contributed by atoms with Crippen LogP contribution in [0.2, 0.25) is 0 Å². The number of hydrogen-bond donors (Lipinski definition) is 2. The molecule has 3 aromatic rings. The van der Waals surface area contributed by atoms with E-state index >= 15 is 0 Å². The normalized spacial score (nSPS) is 10.6. The Labute approximate surface area is 129 Å². The van der Waals surface area contributed by atoms with Gasteiger partial charge in [-0.2, -0.15) is 5.26 Å². The molecule has 0 aliphatic carbocycles. The summed E-state index contributed by atoms with van der Waals surface area (Å²) in [5.74, 6) is 0.750. The molecular weight excluding hydrogens is 272 g/mol. The molecule has 22 heavy (non-hydrogen) atoms. The van der Waals surface area contributed by atoms with Crippen LogP contribution in [0.25, 0.3) is 10.9 Å². The Bertz CT molecular complexity index is 855. The molecule has 0 saturated carbocycles. The van der Waals surface area contributed by atoms with Crippen LogP contribution in [0.5, 0.6) is 0 Å². The van der Waals surface area contributed by atoms with Crippen molar-refractivity contribution in [2.75, 3.05) is 11.9 Å². The van der Waals surface area contributed by atoms with Gasteiger partial charge in [-0.15, -0.1) is 0 Å². The monoisotopic (exact) mass is 290 g/mol. The molecule has 4 heteroatoms. The van der Waals surface area contributed by atoms with Crippen LogP contribution < -0.4 is 5.32 Å². The summed E-state index contributed by atoms with van der Waals surface area (Å²) in [5.41, 5.74) is 5.09. The molecule has 0 aliphatic rings. The molecule has 3 rings (SSSR count). The van der Waals surface area contributed by atoms with Gasteiger partial charge < -0.3 is 10.3 Å². The number of benzene rings is 1. The molecule has 0 amide bonds. The average Bonchev–Trinajstić information content (AvgIpc) is 2.85. The third-order valence-corrected chi connectivity index (χ3v) is 3.91. The van der Waals surface area contributed by atoms with E-state index in [-0.39, 0.29) is 0 Å². The van der Waals surface area contributed by atoms with Gasteiger partial charge in [-0.1, -0.05) is 24.3 Å². The van der Waals surface area contributed by atoms with Crippen molar-refractivity contribution in [1.82, 2.24) is 9.97 Å². The molecule has 1 aromatic carbocycles. The molecular formula is C18H18N4. The van der Waals surface area contributed by atoms with Crippen molar-refractivity contribution in [2.24, 2.45) is 0 Å². The quantitative estimate of drug-likeness (QED) is 0.770. The van der Waals surface area contributed by atoms with Crippen LogP contribution in [0.15, 0.2) is 36.4 Å². The van der Waals surface area contributed by atoms with Crippen molar-refractivity contribution in [1.29, 1.82) is 5.26 Å². The van der Waals surface area contributed by atoms with Crippen molar-refractivity contribution < 1.29 is 0 Å². The number of aromatic amines is 1. The number of fused-ring (bicyclic) bond motifs is 1. The molecule has 0 saturated heterocycles. The fourth-order valence-corrected chi connectivity index (χ4v) is 2.71. The van der Waals surface area contributed by atoms with Crippen molar-refractivity contribution in [3.8, 4) is 6.07 Å². The van der Waals surface area contributed by atoms with E-state index in [2.05, 4.69) is 46.5 Å². The topological polar surface area (TPSA) is 64.5 Å². The van der Waals surface area contributed by atoms with Gasteiger partial charge in [0.25, 0.3) is 0 Å². The molecule has 110 valence electrons. The number of aryl methyl sites for hydroxylation is 2. The zero-order valence-corrected chi connectivity index (χ0v) is 12.8. The summed E-state index contributed by atoms with van der Waals surface area (Å²) >= 11 is 0. The van der Waals surface area contributed by atoms with Gasteiger partial charge in [-0.3, -0.25) is 0 Å². The summed E-state index contributed by atoms with van der Waals surface area (Å²) in [6, 6.07) is 14.3. The van der Waals surface area contributed by atoms with Crippen LogP contribution in [0.3, 0.4) is 0 Å². The van der Waals surface area contributed by atoms with E-state index in [9.17, 15) is 0 Å². The Hall–Kier alpha value is -2.80. The number of pyridine rings is 1.